The van der Waals surface area contributed by atoms with E-state index in [2.05, 4.69) is 0 Å². The summed E-state index contributed by atoms with van der Waals surface area (Å²) in [6.45, 7) is 3.14. The van der Waals surface area contributed by atoms with Gasteiger partial charge < -0.3 is 14.6 Å². The average molecular weight is 390 g/mol. The number of aliphatic carboxylic acids is 1. The number of carboxylic acid groups (broad SMARTS) is 1. The molecule has 0 aliphatic carbocycles. The summed E-state index contributed by atoms with van der Waals surface area (Å²) in [5.41, 5.74) is 1.75. The van der Waals surface area contributed by atoms with Gasteiger partial charge in [0.05, 0.1) is 19.8 Å². The highest BCUT2D eigenvalue weighted by atomic mass is 35.5. The first kappa shape index (κ1) is 19.5. The molecular formula is C21H24ClNO4. The van der Waals surface area contributed by atoms with Crippen molar-refractivity contribution in [1.29, 1.82) is 0 Å². The zero-order valence-electron chi connectivity index (χ0n) is 15.5. The van der Waals surface area contributed by atoms with E-state index in [1.165, 1.54) is 0 Å². The predicted molar refractivity (Wildman–Crippen MR) is 105 cm³/mol. The second kappa shape index (κ2) is 8.63. The second-order valence-electron chi connectivity index (χ2n) is 6.49. The van der Waals surface area contributed by atoms with Crippen molar-refractivity contribution in [3.8, 4) is 11.5 Å². The van der Waals surface area contributed by atoms with E-state index in [1.807, 2.05) is 48.2 Å². The Morgan fingerprint density at radius 3 is 2.74 bits per heavy atom. The number of carboxylic acids is 1. The highest BCUT2D eigenvalue weighted by molar-refractivity contribution is 6.30. The van der Waals surface area contributed by atoms with Gasteiger partial charge in [-0.2, -0.15) is 0 Å². The largest absolute Gasteiger partial charge is 0.496 e. The molecule has 5 nitrogen and oxygen atoms in total. The summed E-state index contributed by atoms with van der Waals surface area (Å²) in [5, 5.41) is 10.3. The first-order valence-electron chi connectivity index (χ1n) is 9.10. The highest BCUT2D eigenvalue weighted by Gasteiger charge is 2.39. The third-order valence-electron chi connectivity index (χ3n) is 4.91. The van der Waals surface area contributed by atoms with Gasteiger partial charge in [0.25, 0.3) is 0 Å². The van der Waals surface area contributed by atoms with E-state index in [4.69, 9.17) is 21.1 Å². The number of nitrogens with zero attached hydrogens (tertiary/aromatic N) is 1. The van der Waals surface area contributed by atoms with Crippen molar-refractivity contribution in [2.45, 2.75) is 31.8 Å². The molecule has 2 unspecified atom stereocenters. The first-order chi connectivity index (χ1) is 13.1. The number of halogens is 1. The lowest BCUT2D eigenvalue weighted by molar-refractivity contribution is -0.142. The van der Waals surface area contributed by atoms with Gasteiger partial charge in [-0.25, -0.2) is 0 Å². The van der Waals surface area contributed by atoms with Crippen molar-refractivity contribution in [3.05, 3.63) is 58.6 Å². The molecule has 2 aromatic rings. The summed E-state index contributed by atoms with van der Waals surface area (Å²) < 4.78 is 11.4. The fraction of sp³-hybridized carbons (Fsp3) is 0.381. The van der Waals surface area contributed by atoms with Crippen molar-refractivity contribution < 1.29 is 19.4 Å². The second-order valence-corrected chi connectivity index (χ2v) is 6.93. The summed E-state index contributed by atoms with van der Waals surface area (Å²) >= 11 is 6.29. The Bertz CT molecular complexity index is 811. The molecule has 1 N–H and O–H groups in total. The molecule has 6 heteroatoms. The molecular weight excluding hydrogens is 366 g/mol. The molecule has 2 aromatic carbocycles. The quantitative estimate of drug-likeness (QED) is 0.761. The summed E-state index contributed by atoms with van der Waals surface area (Å²) in [6, 6.07) is 12.3. The minimum Gasteiger partial charge on any atom is -0.496 e. The molecule has 0 spiro atoms. The summed E-state index contributed by atoms with van der Waals surface area (Å²) in [5.74, 6) is 0.599. The van der Waals surface area contributed by atoms with Crippen molar-refractivity contribution in [2.75, 3.05) is 20.3 Å². The number of benzene rings is 2. The third kappa shape index (κ3) is 4.04. The zero-order valence-corrected chi connectivity index (χ0v) is 16.3. The SMILES string of the molecule is CCOc1ccccc1C(c1cc(Cl)ccc1OC)N1CCCC1C(=O)O. The standard InChI is InChI=1S/C21H24ClNO4/c1-3-27-19-9-5-4-7-15(19)20(23-12-6-8-17(23)21(24)25)16-13-14(22)10-11-18(16)26-2/h4-5,7,9-11,13,17,20H,3,6,8,12H2,1-2H3,(H,24,25). The average Bonchev–Trinajstić information content (AvgIpc) is 3.13. The van der Waals surface area contributed by atoms with Gasteiger partial charge in [0, 0.05) is 22.7 Å². The molecule has 0 radical (unpaired) electrons. The fourth-order valence-corrected chi connectivity index (χ4v) is 3.98. The lowest BCUT2D eigenvalue weighted by atomic mass is 9.94. The van der Waals surface area contributed by atoms with Gasteiger partial charge in [0.15, 0.2) is 0 Å². The van der Waals surface area contributed by atoms with Crippen LogP contribution >= 0.6 is 11.6 Å². The third-order valence-corrected chi connectivity index (χ3v) is 5.15. The fourth-order valence-electron chi connectivity index (χ4n) is 3.80. The molecule has 1 fully saturated rings. The van der Waals surface area contributed by atoms with Crippen LogP contribution in [-0.2, 0) is 4.79 Å². The maximum absolute atomic E-state index is 11.9. The van der Waals surface area contributed by atoms with Crippen LogP contribution in [0, 0.1) is 0 Å². The van der Waals surface area contributed by atoms with Crippen LogP contribution in [-0.4, -0.2) is 42.3 Å². The van der Waals surface area contributed by atoms with Crippen molar-refractivity contribution in [2.24, 2.45) is 0 Å². The van der Waals surface area contributed by atoms with Gasteiger partial charge in [0.2, 0.25) is 0 Å². The Balaban J connectivity index is 2.19. The van der Waals surface area contributed by atoms with E-state index >= 15 is 0 Å². The molecule has 144 valence electrons. The van der Waals surface area contributed by atoms with Crippen LogP contribution in [0.25, 0.3) is 0 Å². The number of ether oxygens (including phenoxy) is 2. The van der Waals surface area contributed by atoms with E-state index in [0.717, 1.165) is 23.3 Å². The number of methoxy groups -OCH3 is 1. The highest BCUT2D eigenvalue weighted by Crippen LogP contribution is 2.43. The van der Waals surface area contributed by atoms with Gasteiger partial charge in [-0.3, -0.25) is 9.69 Å². The zero-order chi connectivity index (χ0) is 19.4. The molecule has 27 heavy (non-hydrogen) atoms. The van der Waals surface area contributed by atoms with Gasteiger partial charge in [0.1, 0.15) is 17.5 Å². The Kier molecular flexibility index (Phi) is 6.24. The molecule has 2 atom stereocenters. The van der Waals surface area contributed by atoms with E-state index in [1.54, 1.807) is 13.2 Å². The Morgan fingerprint density at radius 1 is 1.26 bits per heavy atom. The molecule has 1 aliphatic heterocycles. The predicted octanol–water partition coefficient (Wildman–Crippen LogP) is 4.39. The number of hydrogen-bond acceptors (Lipinski definition) is 4. The smallest absolute Gasteiger partial charge is 0.320 e. The number of rotatable bonds is 7. The van der Waals surface area contributed by atoms with Gasteiger partial charge in [-0.15, -0.1) is 0 Å². The minimum absolute atomic E-state index is 0.329. The molecule has 3 rings (SSSR count). The molecule has 0 bridgehead atoms. The summed E-state index contributed by atoms with van der Waals surface area (Å²) in [7, 11) is 1.61. The van der Waals surface area contributed by atoms with Gasteiger partial charge in [-0.05, 0) is 44.0 Å². The van der Waals surface area contributed by atoms with E-state index in [0.29, 0.717) is 30.3 Å². The molecule has 0 amide bonds. The topological polar surface area (TPSA) is 59.0 Å². The number of hydrogen-bond donors (Lipinski definition) is 1. The normalized spacial score (nSPS) is 18.3. The Labute approximate surface area is 164 Å². The first-order valence-corrected chi connectivity index (χ1v) is 9.48. The van der Waals surface area contributed by atoms with Gasteiger partial charge in [-0.1, -0.05) is 29.8 Å². The van der Waals surface area contributed by atoms with Crippen LogP contribution < -0.4 is 9.47 Å². The number of para-hydroxylation sites is 1. The van der Waals surface area contributed by atoms with Crippen molar-refractivity contribution in [1.82, 2.24) is 4.90 Å². The maximum atomic E-state index is 11.9. The monoisotopic (exact) mass is 389 g/mol. The number of carbonyl (C=O) groups is 1. The molecule has 0 saturated carbocycles. The summed E-state index contributed by atoms with van der Waals surface area (Å²) in [4.78, 5) is 13.9. The Morgan fingerprint density at radius 2 is 2.04 bits per heavy atom. The molecule has 1 saturated heterocycles. The van der Waals surface area contributed by atoms with Crippen molar-refractivity contribution >= 4 is 17.6 Å². The summed E-state index contributed by atoms with van der Waals surface area (Å²) in [6.07, 6.45) is 1.44. The van der Waals surface area contributed by atoms with Crippen LogP contribution in [0.5, 0.6) is 11.5 Å². The van der Waals surface area contributed by atoms with Crippen LogP contribution in [0.15, 0.2) is 42.5 Å². The minimum atomic E-state index is -0.813. The van der Waals surface area contributed by atoms with Crippen molar-refractivity contribution in [3.63, 3.8) is 0 Å². The van der Waals surface area contributed by atoms with E-state index in [-0.39, 0.29) is 6.04 Å². The lowest BCUT2D eigenvalue weighted by Gasteiger charge is -2.33. The molecule has 0 aromatic heterocycles. The van der Waals surface area contributed by atoms with Crippen LogP contribution in [0.2, 0.25) is 5.02 Å². The van der Waals surface area contributed by atoms with Crippen LogP contribution in [0.3, 0.4) is 0 Å². The van der Waals surface area contributed by atoms with E-state index in [9.17, 15) is 9.90 Å². The molecule has 1 aliphatic rings. The van der Waals surface area contributed by atoms with Crippen LogP contribution in [0.1, 0.15) is 36.9 Å². The van der Waals surface area contributed by atoms with Gasteiger partial charge >= 0.3 is 5.97 Å². The number of likely N-dealkylation sites (tertiary alicyclic amines) is 1. The maximum Gasteiger partial charge on any atom is 0.320 e. The van der Waals surface area contributed by atoms with E-state index < -0.39 is 12.0 Å². The lowest BCUT2D eigenvalue weighted by Crippen LogP contribution is -2.39. The molecule has 1 heterocycles. The van der Waals surface area contributed by atoms with Crippen LogP contribution in [0.4, 0.5) is 0 Å². The Hall–Kier alpha value is -2.24.